The fraction of sp³-hybridized carbons (Fsp3) is 0.833. The second-order valence-corrected chi connectivity index (χ2v) is 4.93. The third kappa shape index (κ3) is 4.72. The zero-order chi connectivity index (χ0) is 15.3. The van der Waals surface area contributed by atoms with Crippen LogP contribution in [0.3, 0.4) is 0 Å². The third-order valence-corrected chi connectivity index (χ3v) is 3.64. The number of carbonyl (C=O) groups is 2. The summed E-state index contributed by atoms with van der Waals surface area (Å²) in [5.41, 5.74) is 9.36. The van der Waals surface area contributed by atoms with E-state index in [1.54, 1.807) is 0 Å². The second kappa shape index (κ2) is 8.80. The summed E-state index contributed by atoms with van der Waals surface area (Å²) in [4.78, 5) is 20.7. The molecule has 1 saturated carbocycles. The van der Waals surface area contributed by atoms with Crippen LogP contribution in [0.5, 0.6) is 0 Å². The Kier molecular flexibility index (Phi) is 8.58. The molecular formula is C12H22N2O6Pt. The molecule has 1 saturated heterocycles. The van der Waals surface area contributed by atoms with E-state index in [1.165, 1.54) is 0 Å². The van der Waals surface area contributed by atoms with E-state index >= 15 is 0 Å². The largest absolute Gasteiger partial charge is 0.480 e. The van der Waals surface area contributed by atoms with Crippen molar-refractivity contribution in [2.24, 2.45) is 16.9 Å². The number of hydrogen-bond acceptors (Lipinski definition) is 6. The van der Waals surface area contributed by atoms with Gasteiger partial charge in [-0.05, 0) is 26.2 Å². The summed E-state index contributed by atoms with van der Waals surface area (Å²) in [7, 11) is 0. The van der Waals surface area contributed by atoms with E-state index in [1.807, 2.05) is 6.92 Å². The van der Waals surface area contributed by atoms with Crippen LogP contribution in [0.15, 0.2) is 0 Å². The molecule has 8 nitrogen and oxygen atoms in total. The van der Waals surface area contributed by atoms with Gasteiger partial charge in [0.25, 0.3) is 0 Å². The van der Waals surface area contributed by atoms with Crippen molar-refractivity contribution < 1.29 is 50.3 Å². The molecule has 2 fully saturated rings. The van der Waals surface area contributed by atoms with Crippen LogP contribution in [0.1, 0.15) is 26.2 Å². The summed E-state index contributed by atoms with van der Waals surface area (Å²) in [6, 6.07) is 0. The Morgan fingerprint density at radius 1 is 1.10 bits per heavy atom. The number of aliphatic carboxylic acids is 2. The Hall–Kier alpha value is -0.532. The molecule has 126 valence electrons. The van der Waals surface area contributed by atoms with Gasteiger partial charge in [-0.25, -0.2) is 0 Å². The van der Waals surface area contributed by atoms with Crippen LogP contribution in [-0.4, -0.2) is 53.7 Å². The first-order chi connectivity index (χ1) is 9.37. The third-order valence-electron chi connectivity index (χ3n) is 3.64. The van der Waals surface area contributed by atoms with Crippen LogP contribution in [-0.2, 0) is 40.1 Å². The second-order valence-electron chi connectivity index (χ2n) is 4.93. The van der Waals surface area contributed by atoms with Crippen molar-refractivity contribution in [2.75, 3.05) is 13.1 Å². The molecule has 21 heavy (non-hydrogen) atoms. The van der Waals surface area contributed by atoms with E-state index in [9.17, 15) is 9.59 Å². The summed E-state index contributed by atoms with van der Waals surface area (Å²) < 4.78 is 10.6. The number of carboxylic acid groups (broad SMARTS) is 2. The molecule has 0 spiro atoms. The summed E-state index contributed by atoms with van der Waals surface area (Å²) in [5.74, 6) is -2.41. The van der Waals surface area contributed by atoms with Crippen molar-refractivity contribution in [2.45, 2.75) is 44.7 Å². The zero-order valence-corrected chi connectivity index (χ0v) is 14.0. The van der Waals surface area contributed by atoms with Crippen LogP contribution in [0.4, 0.5) is 0 Å². The van der Waals surface area contributed by atoms with Gasteiger partial charge in [0.1, 0.15) is 12.2 Å². The van der Waals surface area contributed by atoms with Crippen molar-refractivity contribution in [3.63, 3.8) is 0 Å². The van der Waals surface area contributed by atoms with Crippen molar-refractivity contribution in [3.8, 4) is 0 Å². The van der Waals surface area contributed by atoms with E-state index in [4.69, 9.17) is 31.2 Å². The van der Waals surface area contributed by atoms with E-state index in [0.717, 1.165) is 0 Å². The normalized spacial score (nSPS) is 26.8. The molecule has 1 aliphatic heterocycles. The van der Waals surface area contributed by atoms with Gasteiger partial charge in [-0.2, -0.15) is 0 Å². The van der Waals surface area contributed by atoms with Crippen LogP contribution >= 0.6 is 0 Å². The van der Waals surface area contributed by atoms with Gasteiger partial charge in [-0.3, -0.25) is 9.59 Å². The van der Waals surface area contributed by atoms with E-state index in [0.29, 0.717) is 19.5 Å². The number of carboxylic acids is 2. The molecule has 1 heterocycles. The minimum absolute atomic E-state index is 0. The fourth-order valence-electron chi connectivity index (χ4n) is 2.16. The smallest absolute Gasteiger partial charge is 0.321 e. The summed E-state index contributed by atoms with van der Waals surface area (Å²) >= 11 is 0. The standard InChI is InChI=1S/C6H14N2O2.C6H8O4.Pt/c1-4-9-5(2-7)6(3-8)10-4;7-4(8)6(5(9)10)2-1-3-6;/h4-6H,2-3,7-8H2,1H3;1-3H2,(H,7,8)(H,9,10);/t5-,6-;;/m1../s1. The van der Waals surface area contributed by atoms with Gasteiger partial charge in [0.2, 0.25) is 0 Å². The summed E-state index contributed by atoms with van der Waals surface area (Å²) in [5, 5.41) is 16.9. The van der Waals surface area contributed by atoms with Crippen LogP contribution in [0.25, 0.3) is 0 Å². The molecule has 1 aliphatic carbocycles. The molecule has 0 aromatic carbocycles. The average molecular weight is 485 g/mol. The Labute approximate surface area is 137 Å². The molecule has 2 rings (SSSR count). The predicted octanol–water partition coefficient (Wildman–Crippen LogP) is -0.643. The molecule has 0 unspecified atom stereocenters. The summed E-state index contributed by atoms with van der Waals surface area (Å²) in [6.07, 6.45) is 1.08. The van der Waals surface area contributed by atoms with Gasteiger partial charge in [-0.15, -0.1) is 0 Å². The number of hydrogen-bond donors (Lipinski definition) is 4. The van der Waals surface area contributed by atoms with Crippen LogP contribution < -0.4 is 11.5 Å². The van der Waals surface area contributed by atoms with Gasteiger partial charge in [0.05, 0.1) is 0 Å². The molecule has 0 bridgehead atoms. The fourth-order valence-corrected chi connectivity index (χ4v) is 2.16. The van der Waals surface area contributed by atoms with E-state index in [2.05, 4.69) is 0 Å². The molecule has 2 aliphatic rings. The van der Waals surface area contributed by atoms with Crippen LogP contribution in [0.2, 0.25) is 0 Å². The minimum atomic E-state index is -1.44. The monoisotopic (exact) mass is 485 g/mol. The Morgan fingerprint density at radius 2 is 1.48 bits per heavy atom. The van der Waals surface area contributed by atoms with Gasteiger partial charge in [0, 0.05) is 34.2 Å². The number of nitrogens with two attached hydrogens (primary N) is 2. The van der Waals surface area contributed by atoms with Gasteiger partial charge in [-0.1, -0.05) is 0 Å². The van der Waals surface area contributed by atoms with E-state index in [-0.39, 0.29) is 52.4 Å². The maximum absolute atomic E-state index is 10.4. The molecular weight excluding hydrogens is 463 g/mol. The minimum Gasteiger partial charge on any atom is -0.480 e. The van der Waals surface area contributed by atoms with Crippen molar-refractivity contribution >= 4 is 11.9 Å². The first-order valence-corrected chi connectivity index (χ1v) is 6.55. The molecule has 0 aromatic heterocycles. The first-order valence-electron chi connectivity index (χ1n) is 6.55. The maximum atomic E-state index is 10.4. The molecule has 0 radical (unpaired) electrons. The van der Waals surface area contributed by atoms with Crippen molar-refractivity contribution in [1.82, 2.24) is 0 Å². The molecule has 2 atom stereocenters. The Balaban J connectivity index is 0.000000364. The summed E-state index contributed by atoms with van der Waals surface area (Å²) in [6.45, 7) is 2.80. The molecule has 0 amide bonds. The quantitative estimate of drug-likeness (QED) is 0.385. The SMILES string of the molecule is CC1O[C@H](CN)[C@@H](CN)O1.O=C(O)C1(C(=O)O)CCC1.[Pt]. The maximum Gasteiger partial charge on any atom is 0.321 e. The van der Waals surface area contributed by atoms with E-state index < -0.39 is 17.4 Å². The number of ether oxygens (including phenoxy) is 2. The van der Waals surface area contributed by atoms with Crippen LogP contribution in [0, 0.1) is 5.41 Å². The van der Waals surface area contributed by atoms with Crippen molar-refractivity contribution in [1.29, 1.82) is 0 Å². The van der Waals surface area contributed by atoms with Gasteiger partial charge in [0.15, 0.2) is 11.7 Å². The van der Waals surface area contributed by atoms with Crippen molar-refractivity contribution in [3.05, 3.63) is 0 Å². The number of rotatable bonds is 4. The Morgan fingerprint density at radius 3 is 1.62 bits per heavy atom. The Bertz CT molecular complexity index is 336. The zero-order valence-electron chi connectivity index (χ0n) is 11.8. The molecule has 6 N–H and O–H groups in total. The topological polar surface area (TPSA) is 145 Å². The molecule has 0 aromatic rings. The predicted molar refractivity (Wildman–Crippen MR) is 68.9 cm³/mol. The van der Waals surface area contributed by atoms with Gasteiger partial charge < -0.3 is 31.2 Å². The molecule has 9 heteroatoms. The van der Waals surface area contributed by atoms with Gasteiger partial charge >= 0.3 is 11.9 Å². The average Bonchev–Trinajstić information content (AvgIpc) is 2.67. The first kappa shape index (κ1) is 20.5.